The minimum atomic E-state index is -4.81. The number of rotatable bonds is 5. The van der Waals surface area contributed by atoms with Crippen LogP contribution in [0.5, 0.6) is 17.2 Å². The van der Waals surface area contributed by atoms with Crippen molar-refractivity contribution in [2.45, 2.75) is 33.1 Å². The van der Waals surface area contributed by atoms with Crippen molar-refractivity contribution >= 4 is 11.0 Å². The normalized spacial score (nSPS) is 11.7. The van der Waals surface area contributed by atoms with Gasteiger partial charge in [0.1, 0.15) is 22.6 Å². The number of aryl methyl sites for hydroxylation is 1. The fourth-order valence-corrected chi connectivity index (χ4v) is 3.61. The summed E-state index contributed by atoms with van der Waals surface area (Å²) in [4.78, 5) is 13.0. The zero-order valence-corrected chi connectivity index (χ0v) is 18.2. The molecule has 1 heterocycles. The molecule has 170 valence electrons. The number of para-hydroxylation sites is 1. The first-order chi connectivity index (χ1) is 15.6. The summed E-state index contributed by atoms with van der Waals surface area (Å²) in [6, 6.07) is 18.2. The van der Waals surface area contributed by atoms with Gasteiger partial charge in [0.25, 0.3) is 0 Å². The molecule has 7 heteroatoms. The van der Waals surface area contributed by atoms with Crippen molar-refractivity contribution in [2.75, 3.05) is 0 Å². The van der Waals surface area contributed by atoms with Gasteiger partial charge in [0.2, 0.25) is 0 Å². The van der Waals surface area contributed by atoms with E-state index in [1.807, 2.05) is 24.3 Å². The third kappa shape index (κ3) is 4.87. The van der Waals surface area contributed by atoms with Gasteiger partial charge < -0.3 is 13.9 Å². The van der Waals surface area contributed by atoms with E-state index in [0.29, 0.717) is 33.8 Å². The van der Waals surface area contributed by atoms with E-state index in [-0.39, 0.29) is 17.1 Å². The maximum atomic E-state index is 13.0. The van der Waals surface area contributed by atoms with Crippen molar-refractivity contribution in [3.05, 3.63) is 88.3 Å². The fraction of sp³-hybridized carbons (Fsp3) is 0.192. The van der Waals surface area contributed by atoms with E-state index in [4.69, 9.17) is 9.15 Å². The van der Waals surface area contributed by atoms with Crippen LogP contribution in [0.2, 0.25) is 0 Å². The molecule has 0 fully saturated rings. The van der Waals surface area contributed by atoms with Crippen molar-refractivity contribution in [3.8, 4) is 28.4 Å². The van der Waals surface area contributed by atoms with Crippen LogP contribution in [0, 0.1) is 6.92 Å². The predicted octanol–water partition coefficient (Wildman–Crippen LogP) is 7.58. The SMILES string of the molecule is Cc1cc(OC(F)(F)F)ccc1-c1c(Oc2ccc(C(C)C)cc2)c2ccccc2oc1=O. The third-order valence-corrected chi connectivity index (χ3v) is 5.23. The van der Waals surface area contributed by atoms with E-state index in [9.17, 15) is 18.0 Å². The van der Waals surface area contributed by atoms with Gasteiger partial charge in [-0.05, 0) is 65.9 Å². The van der Waals surface area contributed by atoms with Crippen LogP contribution >= 0.6 is 0 Å². The van der Waals surface area contributed by atoms with Gasteiger partial charge in [0, 0.05) is 0 Å². The number of benzene rings is 3. The van der Waals surface area contributed by atoms with Gasteiger partial charge in [-0.1, -0.05) is 44.2 Å². The smallest absolute Gasteiger partial charge is 0.456 e. The predicted molar refractivity (Wildman–Crippen MR) is 120 cm³/mol. The molecule has 0 atom stereocenters. The van der Waals surface area contributed by atoms with Crippen molar-refractivity contribution in [2.24, 2.45) is 0 Å². The summed E-state index contributed by atoms with van der Waals surface area (Å²) >= 11 is 0. The highest BCUT2D eigenvalue weighted by atomic mass is 19.4. The summed E-state index contributed by atoms with van der Waals surface area (Å²) in [6.45, 7) is 5.76. The Morgan fingerprint density at radius 3 is 2.21 bits per heavy atom. The maximum Gasteiger partial charge on any atom is 0.573 e. The topological polar surface area (TPSA) is 48.7 Å². The summed E-state index contributed by atoms with van der Waals surface area (Å²) in [5.74, 6) is 0.762. The molecule has 4 aromatic rings. The lowest BCUT2D eigenvalue weighted by atomic mass is 9.99. The fourth-order valence-electron chi connectivity index (χ4n) is 3.61. The Kier molecular flexibility index (Phi) is 5.89. The average Bonchev–Trinajstić information content (AvgIpc) is 2.74. The lowest BCUT2D eigenvalue weighted by Gasteiger charge is -2.16. The zero-order valence-electron chi connectivity index (χ0n) is 18.2. The molecule has 0 unspecified atom stereocenters. The molecule has 4 rings (SSSR count). The Hall–Kier alpha value is -3.74. The molecule has 3 aromatic carbocycles. The molecule has 0 N–H and O–H groups in total. The minimum Gasteiger partial charge on any atom is -0.456 e. The Labute approximate surface area is 188 Å². The highest BCUT2D eigenvalue weighted by Crippen LogP contribution is 2.39. The molecule has 0 bridgehead atoms. The van der Waals surface area contributed by atoms with E-state index in [1.165, 1.54) is 12.1 Å². The minimum absolute atomic E-state index is 0.123. The average molecular weight is 454 g/mol. The van der Waals surface area contributed by atoms with Gasteiger partial charge in [-0.3, -0.25) is 0 Å². The number of ether oxygens (including phenoxy) is 2. The van der Waals surface area contributed by atoms with E-state index in [0.717, 1.165) is 11.6 Å². The van der Waals surface area contributed by atoms with Crippen LogP contribution in [-0.2, 0) is 0 Å². The molecule has 0 aliphatic heterocycles. The van der Waals surface area contributed by atoms with Crippen LogP contribution in [0.3, 0.4) is 0 Å². The Morgan fingerprint density at radius 2 is 1.58 bits per heavy atom. The summed E-state index contributed by atoms with van der Waals surface area (Å²) in [7, 11) is 0. The second-order valence-corrected chi connectivity index (χ2v) is 7.94. The quantitative estimate of drug-likeness (QED) is 0.292. The number of alkyl halides is 3. The Balaban J connectivity index is 1.87. The van der Waals surface area contributed by atoms with Crippen LogP contribution < -0.4 is 15.1 Å². The summed E-state index contributed by atoms with van der Waals surface area (Å²) in [6.07, 6.45) is -4.81. The number of halogens is 3. The molecule has 4 nitrogen and oxygen atoms in total. The van der Waals surface area contributed by atoms with Crippen LogP contribution in [0.1, 0.15) is 30.9 Å². The summed E-state index contributed by atoms with van der Waals surface area (Å²) < 4.78 is 53.5. The second kappa shape index (κ2) is 8.65. The van der Waals surface area contributed by atoms with E-state index in [2.05, 4.69) is 18.6 Å². The molecule has 0 spiro atoms. The van der Waals surface area contributed by atoms with Gasteiger partial charge in [-0.15, -0.1) is 13.2 Å². The van der Waals surface area contributed by atoms with E-state index >= 15 is 0 Å². The highest BCUT2D eigenvalue weighted by Gasteiger charge is 2.31. The molecular formula is C26H21F3O4. The molecule has 0 saturated heterocycles. The molecule has 0 saturated carbocycles. The standard InChI is InChI=1S/C26H21F3O4/c1-15(2)17-8-10-18(11-9-17)31-24-21-6-4-5-7-22(21)32-25(30)23(24)20-13-12-19(14-16(20)3)33-26(27,28)29/h4-15H,1-3H3. The lowest BCUT2D eigenvalue weighted by Crippen LogP contribution is -2.17. The van der Waals surface area contributed by atoms with Crippen LogP contribution in [0.15, 0.2) is 75.9 Å². The van der Waals surface area contributed by atoms with Gasteiger partial charge >= 0.3 is 12.0 Å². The Bertz CT molecular complexity index is 1350. The summed E-state index contributed by atoms with van der Waals surface area (Å²) in [5.41, 5.74) is 1.73. The first-order valence-electron chi connectivity index (χ1n) is 10.3. The van der Waals surface area contributed by atoms with Gasteiger partial charge in [-0.25, -0.2) is 4.79 Å². The van der Waals surface area contributed by atoms with E-state index < -0.39 is 12.0 Å². The van der Waals surface area contributed by atoms with Crippen LogP contribution in [0.25, 0.3) is 22.1 Å². The molecular weight excluding hydrogens is 433 g/mol. The number of hydrogen-bond acceptors (Lipinski definition) is 4. The molecule has 33 heavy (non-hydrogen) atoms. The van der Waals surface area contributed by atoms with Gasteiger partial charge in [0.15, 0.2) is 5.75 Å². The highest BCUT2D eigenvalue weighted by molar-refractivity contribution is 5.91. The first-order valence-corrected chi connectivity index (χ1v) is 10.3. The number of hydrogen-bond donors (Lipinski definition) is 0. The molecule has 0 radical (unpaired) electrons. The Morgan fingerprint density at radius 1 is 0.909 bits per heavy atom. The second-order valence-electron chi connectivity index (χ2n) is 7.94. The monoisotopic (exact) mass is 454 g/mol. The van der Waals surface area contributed by atoms with Gasteiger partial charge in [0.05, 0.1) is 5.39 Å². The van der Waals surface area contributed by atoms with Crippen LogP contribution in [0.4, 0.5) is 13.2 Å². The van der Waals surface area contributed by atoms with Gasteiger partial charge in [-0.2, -0.15) is 0 Å². The van der Waals surface area contributed by atoms with E-state index in [1.54, 1.807) is 31.2 Å². The molecule has 1 aromatic heterocycles. The molecule has 0 aliphatic rings. The van der Waals surface area contributed by atoms with Crippen molar-refractivity contribution in [1.29, 1.82) is 0 Å². The lowest BCUT2D eigenvalue weighted by molar-refractivity contribution is -0.274. The largest absolute Gasteiger partial charge is 0.573 e. The van der Waals surface area contributed by atoms with Crippen molar-refractivity contribution < 1.29 is 27.1 Å². The molecule has 0 amide bonds. The third-order valence-electron chi connectivity index (χ3n) is 5.23. The van der Waals surface area contributed by atoms with Crippen LogP contribution in [-0.4, -0.2) is 6.36 Å². The summed E-state index contributed by atoms with van der Waals surface area (Å²) in [5, 5.41) is 0.565. The first kappa shape index (κ1) is 22.5. The number of fused-ring (bicyclic) bond motifs is 1. The zero-order chi connectivity index (χ0) is 23.8. The van der Waals surface area contributed by atoms with Crippen molar-refractivity contribution in [1.82, 2.24) is 0 Å². The molecule has 0 aliphatic carbocycles. The maximum absolute atomic E-state index is 13.0. The van der Waals surface area contributed by atoms with Crippen molar-refractivity contribution in [3.63, 3.8) is 0 Å².